The van der Waals surface area contributed by atoms with Crippen LogP contribution in [0.25, 0.3) is 0 Å². The minimum atomic E-state index is -0.872. The van der Waals surface area contributed by atoms with Gasteiger partial charge in [0.15, 0.2) is 0 Å². The van der Waals surface area contributed by atoms with Crippen LogP contribution in [0.5, 0.6) is 5.75 Å². The Hall–Kier alpha value is -0.700. The van der Waals surface area contributed by atoms with E-state index in [0.717, 1.165) is 0 Å². The van der Waals surface area contributed by atoms with Gasteiger partial charge in [-0.3, -0.25) is 10.1 Å². The summed E-state index contributed by atoms with van der Waals surface area (Å²) in [6, 6.07) is 0.552. The molecule has 1 aromatic rings. The number of phenolic OH excluding ortho intramolecular Hbond substituents is 1. The van der Waals surface area contributed by atoms with Crippen molar-refractivity contribution in [2.45, 2.75) is 6.04 Å². The maximum absolute atomic E-state index is 10.7. The minimum Gasteiger partial charge on any atom is -0.502 e. The molecule has 0 heterocycles. The van der Waals surface area contributed by atoms with Gasteiger partial charge in [-0.25, -0.2) is 0 Å². The third kappa shape index (κ3) is 2.34. The summed E-state index contributed by atoms with van der Waals surface area (Å²) < 4.78 is 0.514. The first-order chi connectivity index (χ1) is 7.40. The first-order valence-corrected chi connectivity index (χ1v) is 5.70. The van der Waals surface area contributed by atoms with Crippen molar-refractivity contribution in [2.75, 3.05) is 6.61 Å². The molecule has 1 atom stereocenters. The van der Waals surface area contributed by atoms with Crippen LogP contribution in [-0.2, 0) is 0 Å². The predicted octanol–water partition coefficient (Wildman–Crippen LogP) is 1.82. The average Bonchev–Trinajstić information content (AvgIpc) is 2.22. The van der Waals surface area contributed by atoms with Crippen LogP contribution in [0.15, 0.2) is 15.0 Å². The summed E-state index contributed by atoms with van der Waals surface area (Å²) in [6.07, 6.45) is 0. The molecule has 4 N–H and O–H groups in total. The summed E-state index contributed by atoms with van der Waals surface area (Å²) in [5, 5.41) is 29.3. The average molecular weight is 356 g/mol. The number of nitro benzene ring substituents is 1. The molecule has 0 saturated carbocycles. The lowest BCUT2D eigenvalue weighted by molar-refractivity contribution is -0.386. The highest BCUT2D eigenvalue weighted by Gasteiger charge is 2.26. The van der Waals surface area contributed by atoms with Crippen LogP contribution in [0.3, 0.4) is 0 Å². The Morgan fingerprint density at radius 2 is 2.12 bits per heavy atom. The van der Waals surface area contributed by atoms with Gasteiger partial charge in [0.2, 0.25) is 5.75 Å². The molecular weight excluding hydrogens is 348 g/mol. The number of nitrogens with zero attached hydrogens (tertiary/aromatic N) is 1. The van der Waals surface area contributed by atoms with Crippen molar-refractivity contribution in [2.24, 2.45) is 5.73 Å². The first-order valence-electron chi connectivity index (χ1n) is 4.11. The van der Waals surface area contributed by atoms with Crippen molar-refractivity contribution in [1.82, 2.24) is 0 Å². The van der Waals surface area contributed by atoms with Crippen LogP contribution in [0.4, 0.5) is 5.69 Å². The Kier molecular flexibility index (Phi) is 4.25. The van der Waals surface area contributed by atoms with E-state index in [1.165, 1.54) is 6.07 Å². The zero-order chi connectivity index (χ0) is 12.5. The lowest BCUT2D eigenvalue weighted by atomic mass is 10.1. The Balaban J connectivity index is 3.50. The van der Waals surface area contributed by atoms with Gasteiger partial charge in [-0.05, 0) is 37.9 Å². The highest BCUT2D eigenvalue weighted by atomic mass is 79.9. The van der Waals surface area contributed by atoms with Gasteiger partial charge >= 0.3 is 5.69 Å². The maximum Gasteiger partial charge on any atom is 0.326 e. The van der Waals surface area contributed by atoms with Crippen molar-refractivity contribution in [1.29, 1.82) is 0 Å². The molecule has 88 valence electrons. The van der Waals surface area contributed by atoms with Gasteiger partial charge in [-0.1, -0.05) is 0 Å². The van der Waals surface area contributed by atoms with Crippen LogP contribution in [0.1, 0.15) is 11.6 Å². The van der Waals surface area contributed by atoms with E-state index in [-0.39, 0.29) is 10.0 Å². The predicted molar refractivity (Wildman–Crippen MR) is 64.2 cm³/mol. The van der Waals surface area contributed by atoms with E-state index < -0.39 is 29.0 Å². The summed E-state index contributed by atoms with van der Waals surface area (Å²) in [5.41, 5.74) is 5.15. The molecule has 16 heavy (non-hydrogen) atoms. The van der Waals surface area contributed by atoms with E-state index in [1.54, 1.807) is 0 Å². The van der Waals surface area contributed by atoms with Gasteiger partial charge in [0.1, 0.15) is 4.47 Å². The van der Waals surface area contributed by atoms with Crippen molar-refractivity contribution in [3.63, 3.8) is 0 Å². The number of rotatable bonds is 3. The van der Waals surface area contributed by atoms with Crippen LogP contribution in [-0.4, -0.2) is 21.7 Å². The normalized spacial score (nSPS) is 12.5. The van der Waals surface area contributed by atoms with Gasteiger partial charge in [0.25, 0.3) is 0 Å². The van der Waals surface area contributed by atoms with E-state index in [9.17, 15) is 15.2 Å². The molecule has 0 amide bonds. The summed E-state index contributed by atoms with van der Waals surface area (Å²) >= 11 is 6.08. The molecule has 0 radical (unpaired) electrons. The third-order valence-electron chi connectivity index (χ3n) is 1.98. The molecule has 0 spiro atoms. The zero-order valence-corrected chi connectivity index (χ0v) is 11.0. The lowest BCUT2D eigenvalue weighted by Gasteiger charge is -2.12. The standard InChI is InChI=1S/C8H8Br2N2O4/c9-4-1-3(5(11)2-13)8(14)7(6(4)10)12(15)16/h1,5,13-14H,2,11H2/t5-/m0/s1. The van der Waals surface area contributed by atoms with Crippen LogP contribution >= 0.6 is 31.9 Å². The molecule has 0 aliphatic carbocycles. The molecule has 0 aliphatic heterocycles. The molecule has 0 saturated heterocycles. The van der Waals surface area contributed by atoms with E-state index in [2.05, 4.69) is 31.9 Å². The summed E-state index contributed by atoms with van der Waals surface area (Å²) in [5.74, 6) is -0.540. The fourth-order valence-corrected chi connectivity index (χ4v) is 2.05. The second-order valence-corrected chi connectivity index (χ2v) is 4.65. The smallest absolute Gasteiger partial charge is 0.326 e. The summed E-state index contributed by atoms with van der Waals surface area (Å²) in [6.45, 7) is -0.418. The second-order valence-electron chi connectivity index (χ2n) is 3.00. The first kappa shape index (κ1) is 13.4. The minimum absolute atomic E-state index is 0.115. The van der Waals surface area contributed by atoms with E-state index in [1.807, 2.05) is 0 Å². The van der Waals surface area contributed by atoms with E-state index >= 15 is 0 Å². The number of benzene rings is 1. The summed E-state index contributed by atoms with van der Waals surface area (Å²) in [4.78, 5) is 10.0. The van der Waals surface area contributed by atoms with Gasteiger partial charge in [0.05, 0.1) is 17.6 Å². The fourth-order valence-electron chi connectivity index (χ4n) is 1.17. The van der Waals surface area contributed by atoms with Crippen LogP contribution < -0.4 is 5.73 Å². The molecule has 8 heteroatoms. The summed E-state index contributed by atoms with van der Waals surface area (Å²) in [7, 11) is 0. The van der Waals surface area contributed by atoms with E-state index in [4.69, 9.17) is 10.8 Å². The number of nitro groups is 1. The Bertz CT molecular complexity index is 439. The van der Waals surface area contributed by atoms with Crippen molar-refractivity contribution in [3.05, 3.63) is 30.7 Å². The number of aliphatic hydroxyl groups excluding tert-OH is 1. The Labute approximate surface area is 107 Å². The largest absolute Gasteiger partial charge is 0.502 e. The molecule has 6 nitrogen and oxygen atoms in total. The number of halogens is 2. The quantitative estimate of drug-likeness (QED) is 0.565. The number of nitrogens with two attached hydrogens (primary N) is 1. The van der Waals surface area contributed by atoms with Crippen LogP contribution in [0.2, 0.25) is 0 Å². The highest BCUT2D eigenvalue weighted by molar-refractivity contribution is 9.13. The molecule has 1 aromatic carbocycles. The topological polar surface area (TPSA) is 110 Å². The van der Waals surface area contributed by atoms with Crippen molar-refractivity contribution < 1.29 is 15.1 Å². The third-order valence-corrected chi connectivity index (χ3v) is 3.94. The number of aliphatic hydroxyl groups is 1. The molecule has 1 rings (SSSR count). The fraction of sp³-hybridized carbons (Fsp3) is 0.250. The van der Waals surface area contributed by atoms with Crippen LogP contribution in [0, 0.1) is 10.1 Å². The molecule has 0 bridgehead atoms. The van der Waals surface area contributed by atoms with Crippen molar-refractivity contribution in [3.8, 4) is 5.75 Å². The van der Waals surface area contributed by atoms with Gasteiger partial charge in [-0.2, -0.15) is 0 Å². The second kappa shape index (κ2) is 5.09. The molecular formula is C8H8Br2N2O4. The lowest BCUT2D eigenvalue weighted by Crippen LogP contribution is -2.15. The molecule has 0 unspecified atom stereocenters. The molecule has 0 aromatic heterocycles. The number of phenols is 1. The zero-order valence-electron chi connectivity index (χ0n) is 7.85. The number of hydrogen-bond acceptors (Lipinski definition) is 5. The highest BCUT2D eigenvalue weighted by Crippen LogP contribution is 2.43. The van der Waals surface area contributed by atoms with Gasteiger partial charge < -0.3 is 15.9 Å². The monoisotopic (exact) mass is 354 g/mol. The Morgan fingerprint density at radius 1 is 1.56 bits per heavy atom. The van der Waals surface area contributed by atoms with Crippen molar-refractivity contribution >= 4 is 37.5 Å². The number of aromatic hydroxyl groups is 1. The van der Waals surface area contributed by atoms with Gasteiger partial charge in [-0.15, -0.1) is 0 Å². The SMILES string of the molecule is N[C@@H](CO)c1cc(Br)c(Br)c([N+](=O)[O-])c1O. The molecule has 0 aliphatic rings. The van der Waals surface area contributed by atoms with Gasteiger partial charge in [0, 0.05) is 10.0 Å². The van der Waals surface area contributed by atoms with E-state index in [0.29, 0.717) is 4.47 Å². The maximum atomic E-state index is 10.7. The molecule has 0 fully saturated rings. The Morgan fingerprint density at radius 3 is 2.56 bits per heavy atom. The number of hydrogen-bond donors (Lipinski definition) is 3.